The standard InChI is InChI=1S/C17H18N2OS/c1-11-4-7-16(21-11)12(2)19(3)17(20)14-5-6-15-13(10-14)8-9-18-15/h4-10,12,18H,1-3H3. The number of amides is 1. The van der Waals surface area contributed by atoms with E-state index in [0.29, 0.717) is 0 Å². The van der Waals surface area contributed by atoms with Crippen molar-refractivity contribution in [3.05, 3.63) is 57.9 Å². The van der Waals surface area contributed by atoms with Crippen LogP contribution in [0, 0.1) is 6.92 Å². The zero-order valence-electron chi connectivity index (χ0n) is 12.4. The number of fused-ring (bicyclic) bond motifs is 1. The molecular formula is C17H18N2OS. The van der Waals surface area contributed by atoms with E-state index in [1.54, 1.807) is 16.2 Å². The molecule has 0 fully saturated rings. The molecule has 1 N–H and O–H groups in total. The van der Waals surface area contributed by atoms with E-state index in [1.165, 1.54) is 9.75 Å². The van der Waals surface area contributed by atoms with Gasteiger partial charge in [0.25, 0.3) is 5.91 Å². The zero-order chi connectivity index (χ0) is 15.0. The maximum atomic E-state index is 12.7. The molecule has 0 aliphatic rings. The number of benzene rings is 1. The van der Waals surface area contributed by atoms with Crippen molar-refractivity contribution in [2.24, 2.45) is 0 Å². The van der Waals surface area contributed by atoms with Gasteiger partial charge in [-0.3, -0.25) is 4.79 Å². The van der Waals surface area contributed by atoms with E-state index in [0.717, 1.165) is 16.5 Å². The maximum absolute atomic E-state index is 12.7. The summed E-state index contributed by atoms with van der Waals surface area (Å²) in [6.45, 7) is 4.15. The van der Waals surface area contributed by atoms with Crippen LogP contribution < -0.4 is 0 Å². The van der Waals surface area contributed by atoms with Gasteiger partial charge < -0.3 is 9.88 Å². The minimum Gasteiger partial charge on any atom is -0.361 e. The highest BCUT2D eigenvalue weighted by Crippen LogP contribution is 2.27. The number of aromatic nitrogens is 1. The Morgan fingerprint density at radius 3 is 2.76 bits per heavy atom. The third kappa shape index (κ3) is 2.59. The van der Waals surface area contributed by atoms with Gasteiger partial charge in [-0.25, -0.2) is 0 Å². The summed E-state index contributed by atoms with van der Waals surface area (Å²) in [5.41, 5.74) is 1.78. The van der Waals surface area contributed by atoms with Crippen molar-refractivity contribution in [1.82, 2.24) is 9.88 Å². The number of aryl methyl sites for hydroxylation is 1. The van der Waals surface area contributed by atoms with Crippen LogP contribution in [0.25, 0.3) is 10.9 Å². The fraction of sp³-hybridized carbons (Fsp3) is 0.235. The summed E-state index contributed by atoms with van der Waals surface area (Å²) < 4.78 is 0. The second-order valence-corrected chi connectivity index (χ2v) is 6.64. The minimum atomic E-state index is 0.0525. The Morgan fingerprint density at radius 2 is 2.05 bits per heavy atom. The van der Waals surface area contributed by atoms with Crippen molar-refractivity contribution in [1.29, 1.82) is 0 Å². The third-order valence-electron chi connectivity index (χ3n) is 3.87. The Hall–Kier alpha value is -2.07. The summed E-state index contributed by atoms with van der Waals surface area (Å²) in [5.74, 6) is 0.0525. The van der Waals surface area contributed by atoms with Gasteiger partial charge in [0.2, 0.25) is 0 Å². The molecule has 0 aliphatic carbocycles. The molecule has 1 unspecified atom stereocenters. The van der Waals surface area contributed by atoms with Gasteiger partial charge in [-0.2, -0.15) is 0 Å². The van der Waals surface area contributed by atoms with Crippen LogP contribution in [0.4, 0.5) is 0 Å². The average Bonchev–Trinajstić information content (AvgIpc) is 3.12. The number of thiophene rings is 1. The van der Waals surface area contributed by atoms with Crippen LogP contribution >= 0.6 is 11.3 Å². The van der Waals surface area contributed by atoms with E-state index in [-0.39, 0.29) is 11.9 Å². The van der Waals surface area contributed by atoms with Gasteiger partial charge in [0.15, 0.2) is 0 Å². The first-order chi connectivity index (χ1) is 10.1. The third-order valence-corrected chi connectivity index (χ3v) is 5.05. The quantitative estimate of drug-likeness (QED) is 0.765. The van der Waals surface area contributed by atoms with Crippen LogP contribution in [-0.2, 0) is 0 Å². The zero-order valence-corrected chi connectivity index (χ0v) is 13.2. The summed E-state index contributed by atoms with van der Waals surface area (Å²) in [6.07, 6.45) is 1.89. The lowest BCUT2D eigenvalue weighted by Crippen LogP contribution is -2.29. The smallest absolute Gasteiger partial charge is 0.254 e. The van der Waals surface area contributed by atoms with Crippen molar-refractivity contribution >= 4 is 28.1 Å². The molecule has 0 aliphatic heterocycles. The van der Waals surface area contributed by atoms with Crippen molar-refractivity contribution in [3.63, 3.8) is 0 Å². The lowest BCUT2D eigenvalue weighted by molar-refractivity contribution is 0.0745. The van der Waals surface area contributed by atoms with Crippen molar-refractivity contribution in [2.45, 2.75) is 19.9 Å². The highest BCUT2D eigenvalue weighted by Gasteiger charge is 2.20. The number of carbonyl (C=O) groups is 1. The van der Waals surface area contributed by atoms with Crippen LogP contribution in [0.1, 0.15) is 33.1 Å². The summed E-state index contributed by atoms with van der Waals surface area (Å²) in [7, 11) is 1.86. The average molecular weight is 298 g/mol. The minimum absolute atomic E-state index is 0.0525. The Balaban J connectivity index is 1.86. The van der Waals surface area contributed by atoms with Gasteiger partial charge in [-0.15, -0.1) is 11.3 Å². The Labute approximate surface area is 128 Å². The maximum Gasteiger partial charge on any atom is 0.254 e. The Bertz CT molecular complexity index is 787. The largest absolute Gasteiger partial charge is 0.361 e. The van der Waals surface area contributed by atoms with Gasteiger partial charge in [0.05, 0.1) is 6.04 Å². The van der Waals surface area contributed by atoms with E-state index in [9.17, 15) is 4.79 Å². The van der Waals surface area contributed by atoms with E-state index >= 15 is 0 Å². The molecule has 108 valence electrons. The van der Waals surface area contributed by atoms with Crippen molar-refractivity contribution in [3.8, 4) is 0 Å². The fourth-order valence-electron chi connectivity index (χ4n) is 2.43. The molecule has 0 radical (unpaired) electrons. The lowest BCUT2D eigenvalue weighted by Gasteiger charge is -2.24. The summed E-state index contributed by atoms with van der Waals surface area (Å²) in [6, 6.07) is 12.0. The van der Waals surface area contributed by atoms with Crippen LogP contribution in [-0.4, -0.2) is 22.8 Å². The normalized spacial score (nSPS) is 12.5. The van der Waals surface area contributed by atoms with Crippen LogP contribution in [0.5, 0.6) is 0 Å². The summed E-state index contributed by atoms with van der Waals surface area (Å²) in [4.78, 5) is 20.1. The molecule has 1 aromatic carbocycles. The first-order valence-corrected chi connectivity index (χ1v) is 7.78. The first-order valence-electron chi connectivity index (χ1n) is 6.97. The Morgan fingerprint density at radius 1 is 1.24 bits per heavy atom. The number of rotatable bonds is 3. The SMILES string of the molecule is Cc1ccc(C(C)N(C)C(=O)c2ccc3[nH]ccc3c2)s1. The highest BCUT2D eigenvalue weighted by molar-refractivity contribution is 7.12. The fourth-order valence-corrected chi connectivity index (χ4v) is 3.41. The summed E-state index contributed by atoms with van der Waals surface area (Å²) >= 11 is 1.74. The van der Waals surface area contributed by atoms with Crippen LogP contribution in [0.15, 0.2) is 42.6 Å². The molecule has 3 rings (SSSR count). The number of aromatic amines is 1. The van der Waals surface area contributed by atoms with E-state index < -0.39 is 0 Å². The molecule has 0 bridgehead atoms. The van der Waals surface area contributed by atoms with Gasteiger partial charge in [0, 0.05) is 39.5 Å². The molecular weight excluding hydrogens is 280 g/mol. The van der Waals surface area contributed by atoms with Crippen LogP contribution in [0.3, 0.4) is 0 Å². The van der Waals surface area contributed by atoms with Gasteiger partial charge in [-0.05, 0) is 50.2 Å². The van der Waals surface area contributed by atoms with Crippen molar-refractivity contribution in [2.75, 3.05) is 7.05 Å². The van der Waals surface area contributed by atoms with E-state index in [4.69, 9.17) is 0 Å². The molecule has 3 nitrogen and oxygen atoms in total. The van der Waals surface area contributed by atoms with Crippen LogP contribution in [0.2, 0.25) is 0 Å². The number of nitrogens with one attached hydrogen (secondary N) is 1. The molecule has 21 heavy (non-hydrogen) atoms. The topological polar surface area (TPSA) is 36.1 Å². The number of carbonyl (C=O) groups excluding carboxylic acids is 1. The molecule has 0 saturated heterocycles. The number of H-pyrrole nitrogens is 1. The molecule has 0 saturated carbocycles. The molecule has 2 aromatic heterocycles. The lowest BCUT2D eigenvalue weighted by atomic mass is 10.1. The van der Waals surface area contributed by atoms with Gasteiger partial charge in [-0.1, -0.05) is 0 Å². The molecule has 1 amide bonds. The second kappa shape index (κ2) is 5.37. The Kier molecular flexibility index (Phi) is 3.55. The van der Waals surface area contributed by atoms with Gasteiger partial charge in [0.1, 0.15) is 0 Å². The molecule has 3 aromatic rings. The monoisotopic (exact) mass is 298 g/mol. The second-order valence-electron chi connectivity index (χ2n) is 5.32. The number of hydrogen-bond donors (Lipinski definition) is 1. The van der Waals surface area contributed by atoms with Crippen molar-refractivity contribution < 1.29 is 4.79 Å². The number of hydrogen-bond acceptors (Lipinski definition) is 2. The first kappa shape index (κ1) is 13.9. The predicted octanol–water partition coefficient (Wildman–Crippen LogP) is 4.37. The highest BCUT2D eigenvalue weighted by atomic mass is 32.1. The predicted molar refractivity (Wildman–Crippen MR) is 87.9 cm³/mol. The molecule has 4 heteroatoms. The van der Waals surface area contributed by atoms with Gasteiger partial charge >= 0.3 is 0 Å². The summed E-state index contributed by atoms with van der Waals surface area (Å²) in [5, 5.41) is 1.06. The van der Waals surface area contributed by atoms with E-state index in [1.807, 2.05) is 37.5 Å². The molecule has 0 spiro atoms. The number of nitrogens with zero attached hydrogens (tertiary/aromatic N) is 1. The van der Waals surface area contributed by atoms with E-state index in [2.05, 4.69) is 31.0 Å². The molecule has 1 atom stereocenters. The molecule has 2 heterocycles.